The third-order valence-electron chi connectivity index (χ3n) is 20.3. The molecule has 0 aromatic heterocycles. The summed E-state index contributed by atoms with van der Waals surface area (Å²) in [6, 6.07) is 0. The van der Waals surface area contributed by atoms with E-state index in [1.54, 1.807) is 0 Å². The number of aliphatic hydroxyl groups excluding tert-OH is 7. The molecule has 0 aromatic carbocycles. The number of hydrogen-bond acceptors (Lipinski definition) is 27. The SMILES string of the molecule is C=C(C)CCC[C@]1(C)OC(=O)[C@]23CC[C@@H]4C(=CC[C@H]5C(C)(C)[C@@H](O[C@@H]6OC[C@@H](OS(=O)(=O)[O-])[C@H](O)[C@H]6O[C@@H]6O[C@H](C)[C@@H](O[C@@H]7O[C@H](COS(=O)(=O)[O-])[C@@H](O)[C@H](O[C@@H]8O[C@H](C)[C@@H](O)[C@H](OC)[C@H]8O)[C@H]7O)[C@H](O)[C@H]6O)CC[C@]45C)[C@]2(C)CC(=O)[C@@H]31.[Na+].[Na+]. The minimum Gasteiger partial charge on any atom is -0.726 e. The van der Waals surface area contributed by atoms with E-state index in [4.69, 9.17) is 47.4 Å². The number of methoxy groups -OCH3 is 1. The maximum atomic E-state index is 14.4. The fourth-order valence-electron chi connectivity index (χ4n) is 16.1. The first-order chi connectivity index (χ1) is 38.5. The molecule has 27 atom stereocenters. The van der Waals surface area contributed by atoms with Gasteiger partial charge in [-0.1, -0.05) is 44.9 Å². The molecule has 0 amide bonds. The standard InChI is InChI=1S/C54H84O27S2.2Na/c1-23(2)12-11-17-53(9)44-28(55)20-52(8)27-13-14-31-50(5,6)32(16-18-51(31,7)26(27)15-19-54(44,52)49(63)80-53)76-48-43(35(58)30(21-71-48)81-83(67,68)69)79-45-37(60)36(59)40(25(4)74-45)77-47-39(62)42(34(57)29(75-47)22-72-82(64,65)66)78-46-38(61)41(70-10)33(56)24(3)73-46;;/h13,24-26,29-48,56-62H,1,11-12,14-22H2,2-10H3,(H,64,65,66)(H,67,68,69);;/q;2*+1/p-2/t24-,25-,26-,29-,30-,31+,32+,33-,34-,35+,36-,37-,38-,39-,40-,41+,42+,43-,44-,45+,46+,47+,48+,51-,52+,53+,54-;;/m1../s1. The number of esters is 1. The number of carbonyl (C=O) groups is 2. The Bertz CT molecular complexity index is 2690. The molecule has 9 aliphatic rings. The average molecular weight is 1270 g/mol. The van der Waals surface area contributed by atoms with E-state index in [2.05, 4.69) is 34.9 Å². The summed E-state index contributed by atoms with van der Waals surface area (Å²) in [6.07, 6.45) is -26.9. The van der Waals surface area contributed by atoms with Crippen LogP contribution < -0.4 is 59.1 Å². The zero-order valence-electron chi connectivity index (χ0n) is 50.0. The fraction of sp³-hybridized carbons (Fsp3) is 0.889. The minimum atomic E-state index is -5.46. The molecule has 31 heteroatoms. The van der Waals surface area contributed by atoms with Crippen LogP contribution in [0.15, 0.2) is 23.8 Å². The molecule has 1 spiro atoms. The van der Waals surface area contributed by atoms with Crippen LogP contribution >= 0.6 is 0 Å². The Morgan fingerprint density at radius 3 is 1.98 bits per heavy atom. The molecule has 474 valence electrons. The second-order valence-corrected chi connectivity index (χ2v) is 27.8. The first-order valence-electron chi connectivity index (χ1n) is 28.4. The van der Waals surface area contributed by atoms with Crippen LogP contribution in [0.5, 0.6) is 0 Å². The summed E-state index contributed by atoms with van der Waals surface area (Å²) in [7, 11) is -9.67. The van der Waals surface area contributed by atoms with Gasteiger partial charge < -0.3 is 92.2 Å². The maximum Gasteiger partial charge on any atom is 1.00 e. The monoisotopic (exact) mass is 1270 g/mol. The number of rotatable bonds is 18. The number of carbonyl (C=O) groups excluding carboxylic acids is 2. The van der Waals surface area contributed by atoms with Gasteiger partial charge in [0, 0.05) is 18.9 Å². The van der Waals surface area contributed by atoms with E-state index in [1.807, 2.05) is 27.7 Å². The molecule has 4 aliphatic carbocycles. The molecule has 5 saturated heterocycles. The van der Waals surface area contributed by atoms with Gasteiger partial charge in [-0.3, -0.25) is 18.0 Å². The van der Waals surface area contributed by atoms with Crippen molar-refractivity contribution < 1.29 is 186 Å². The topological polar surface area (TPSA) is 401 Å². The quantitative estimate of drug-likeness (QED) is 0.0221. The molecule has 0 aromatic rings. The van der Waals surface area contributed by atoms with Crippen molar-refractivity contribution in [3.05, 3.63) is 23.8 Å². The number of aliphatic hydroxyl groups is 7. The van der Waals surface area contributed by atoms with Gasteiger partial charge >= 0.3 is 65.1 Å². The van der Waals surface area contributed by atoms with Crippen molar-refractivity contribution in [2.24, 2.45) is 39.4 Å². The van der Waals surface area contributed by atoms with Crippen LogP contribution in [0.4, 0.5) is 0 Å². The van der Waals surface area contributed by atoms with Gasteiger partial charge in [0.15, 0.2) is 25.2 Å². The number of cyclic esters (lactones) is 1. The molecule has 9 rings (SSSR count). The van der Waals surface area contributed by atoms with Gasteiger partial charge in [-0.15, -0.1) is 6.58 Å². The summed E-state index contributed by atoms with van der Waals surface area (Å²) in [6.45, 7) is 17.2. The summed E-state index contributed by atoms with van der Waals surface area (Å²) in [5, 5.41) is 79.5. The molecule has 8 fully saturated rings. The number of fused-ring (bicyclic) bond motifs is 4. The third-order valence-corrected chi connectivity index (χ3v) is 21.2. The predicted molar refractivity (Wildman–Crippen MR) is 276 cm³/mol. The van der Waals surface area contributed by atoms with Gasteiger partial charge in [-0.05, 0) is 102 Å². The van der Waals surface area contributed by atoms with Crippen molar-refractivity contribution >= 4 is 32.6 Å². The van der Waals surface area contributed by atoms with Crippen molar-refractivity contribution in [3.63, 3.8) is 0 Å². The van der Waals surface area contributed by atoms with Crippen LogP contribution in [0.1, 0.15) is 113 Å². The van der Waals surface area contributed by atoms with Gasteiger partial charge in [-0.2, -0.15) is 0 Å². The van der Waals surface area contributed by atoms with E-state index in [0.717, 1.165) is 24.0 Å². The molecule has 0 unspecified atom stereocenters. The Morgan fingerprint density at radius 1 is 0.729 bits per heavy atom. The van der Waals surface area contributed by atoms with Gasteiger partial charge in [0.05, 0.1) is 42.9 Å². The Labute approximate surface area is 539 Å². The fourth-order valence-corrected chi connectivity index (χ4v) is 16.9. The second kappa shape index (κ2) is 26.6. The Hall–Kier alpha value is -0.280. The zero-order valence-corrected chi connectivity index (χ0v) is 55.6. The average Bonchev–Trinajstić information content (AvgIpc) is 1.55. The van der Waals surface area contributed by atoms with Gasteiger partial charge in [0.1, 0.15) is 90.7 Å². The molecule has 85 heavy (non-hydrogen) atoms. The van der Waals surface area contributed by atoms with Crippen molar-refractivity contribution in [1.82, 2.24) is 0 Å². The molecule has 5 aliphatic heterocycles. The van der Waals surface area contributed by atoms with E-state index in [1.165, 1.54) is 21.0 Å². The Balaban J connectivity index is 0.00000518. The second-order valence-electron chi connectivity index (χ2n) is 25.8. The molecule has 27 nitrogen and oxygen atoms in total. The van der Waals surface area contributed by atoms with Crippen LogP contribution in [-0.2, 0) is 86.1 Å². The third kappa shape index (κ3) is 13.3. The van der Waals surface area contributed by atoms with Crippen LogP contribution in [0.2, 0.25) is 0 Å². The number of ketones is 1. The van der Waals surface area contributed by atoms with E-state index >= 15 is 0 Å². The van der Waals surface area contributed by atoms with Crippen LogP contribution in [-0.4, -0.2) is 222 Å². The summed E-state index contributed by atoms with van der Waals surface area (Å²) in [5.74, 6) is -0.908. The normalized spacial score (nSPS) is 47.8. The summed E-state index contributed by atoms with van der Waals surface area (Å²) in [4.78, 5) is 28.7. The zero-order chi connectivity index (χ0) is 61.1. The molecule has 0 bridgehead atoms. The first-order valence-corrected chi connectivity index (χ1v) is 31.0. The van der Waals surface area contributed by atoms with E-state index in [9.17, 15) is 71.3 Å². The van der Waals surface area contributed by atoms with Gasteiger partial charge in [-0.25, -0.2) is 16.8 Å². The summed E-state index contributed by atoms with van der Waals surface area (Å²) in [5.41, 5.74) is -1.62. The minimum absolute atomic E-state index is 0. The van der Waals surface area contributed by atoms with Crippen LogP contribution in [0.25, 0.3) is 0 Å². The number of hydrogen-bond donors (Lipinski definition) is 7. The molecule has 5 heterocycles. The van der Waals surface area contributed by atoms with Crippen molar-refractivity contribution in [1.29, 1.82) is 0 Å². The smallest absolute Gasteiger partial charge is 0.726 e. The number of allylic oxidation sites excluding steroid dienone is 3. The van der Waals surface area contributed by atoms with Gasteiger partial charge in [0.25, 0.3) is 0 Å². The van der Waals surface area contributed by atoms with E-state index in [0.29, 0.717) is 38.5 Å². The molecular formula is C54H82Na2O27S2. The predicted octanol–water partition coefficient (Wildman–Crippen LogP) is -6.20. The molecular weight excluding hydrogens is 1190 g/mol. The Kier molecular flexibility index (Phi) is 22.6. The van der Waals surface area contributed by atoms with Crippen molar-refractivity contribution in [3.8, 4) is 0 Å². The summed E-state index contributed by atoms with van der Waals surface area (Å²) < 4.78 is 139. The maximum absolute atomic E-state index is 14.4. The number of ether oxygens (including phenoxy) is 10. The molecule has 3 saturated carbocycles. The Morgan fingerprint density at radius 2 is 1.34 bits per heavy atom. The first kappa shape index (κ1) is 72.2. The van der Waals surface area contributed by atoms with Crippen molar-refractivity contribution in [2.75, 3.05) is 20.3 Å². The van der Waals surface area contributed by atoms with E-state index < -0.39 is 185 Å². The van der Waals surface area contributed by atoms with E-state index in [-0.39, 0.29) is 94.5 Å². The molecule has 7 N–H and O–H groups in total. The van der Waals surface area contributed by atoms with Crippen LogP contribution in [0, 0.1) is 39.4 Å². The van der Waals surface area contributed by atoms with Gasteiger partial charge in [0.2, 0.25) is 20.8 Å². The van der Waals surface area contributed by atoms with Crippen molar-refractivity contribution in [2.45, 2.75) is 242 Å². The molecule has 0 radical (unpaired) electrons. The number of Topliss-reactive ketones (excluding diaryl/α,β-unsaturated/α-hetero) is 1. The summed E-state index contributed by atoms with van der Waals surface area (Å²) >= 11 is 0. The van der Waals surface area contributed by atoms with Crippen LogP contribution in [0.3, 0.4) is 0 Å². The largest absolute Gasteiger partial charge is 1.00 e.